The number of carboxylic acids is 1. The average Bonchev–Trinajstić information content (AvgIpc) is 2.16. The monoisotopic (exact) mass is 196 g/mol. The number of hydrogen-bond acceptors (Lipinski definition) is 3. The van der Waals surface area contributed by atoms with Crippen LogP contribution in [0.1, 0.15) is 12.0 Å². The third-order valence-corrected chi connectivity index (χ3v) is 1.93. The lowest BCUT2D eigenvalue weighted by molar-refractivity contribution is -0.146. The Bertz CT molecular complexity index is 304. The number of hydrogen-bond donors (Lipinski definition) is 3. The van der Waals surface area contributed by atoms with Crippen LogP contribution in [0.3, 0.4) is 0 Å². The molecule has 1 atom stereocenters. The second-order valence-corrected chi connectivity index (χ2v) is 3.06. The summed E-state index contributed by atoms with van der Waals surface area (Å²) in [6.07, 6.45) is -0.655. The van der Waals surface area contributed by atoms with Gasteiger partial charge in [-0.3, -0.25) is 0 Å². The zero-order valence-corrected chi connectivity index (χ0v) is 7.55. The summed E-state index contributed by atoms with van der Waals surface area (Å²) in [4.78, 5) is 10.3. The van der Waals surface area contributed by atoms with Gasteiger partial charge in [-0.2, -0.15) is 0 Å². The van der Waals surface area contributed by atoms with Crippen LogP contribution in [0, 0.1) is 0 Å². The molecule has 0 amide bonds. The van der Waals surface area contributed by atoms with Crippen LogP contribution in [-0.2, 0) is 11.2 Å². The van der Waals surface area contributed by atoms with Crippen LogP contribution in [-0.4, -0.2) is 27.4 Å². The summed E-state index contributed by atoms with van der Waals surface area (Å²) in [5, 5.41) is 26.4. The van der Waals surface area contributed by atoms with Crippen LogP contribution < -0.4 is 0 Å². The van der Waals surface area contributed by atoms with Gasteiger partial charge in [-0.15, -0.1) is 0 Å². The third-order valence-electron chi connectivity index (χ3n) is 1.93. The smallest absolute Gasteiger partial charge is 0.332 e. The molecule has 3 N–H and O–H groups in total. The number of rotatable bonds is 4. The molecule has 0 aromatic heterocycles. The lowest BCUT2D eigenvalue weighted by Gasteiger charge is -2.04. The van der Waals surface area contributed by atoms with Gasteiger partial charge in [0.1, 0.15) is 5.75 Å². The molecule has 0 heterocycles. The van der Waals surface area contributed by atoms with Crippen molar-refractivity contribution in [3.05, 3.63) is 29.8 Å². The van der Waals surface area contributed by atoms with Gasteiger partial charge in [0, 0.05) is 0 Å². The van der Waals surface area contributed by atoms with E-state index in [1.54, 1.807) is 12.1 Å². The van der Waals surface area contributed by atoms with Crippen molar-refractivity contribution in [3.8, 4) is 5.75 Å². The predicted octanol–water partition coefficient (Wildman–Crippen LogP) is 0.770. The van der Waals surface area contributed by atoms with E-state index in [-0.39, 0.29) is 12.2 Å². The Morgan fingerprint density at radius 3 is 2.36 bits per heavy atom. The number of phenols is 1. The highest BCUT2D eigenvalue weighted by molar-refractivity contribution is 5.71. The standard InChI is InChI=1S/C10H12O4/c11-8-4-1-7(2-5-8)3-6-9(12)10(13)14/h1-2,4-5,9,11-12H,3,6H2,(H,13,14)/t9-/m1/s1. The average molecular weight is 196 g/mol. The normalized spacial score (nSPS) is 12.4. The molecule has 4 nitrogen and oxygen atoms in total. The van der Waals surface area contributed by atoms with Crippen LogP contribution in [0.15, 0.2) is 24.3 Å². The molecule has 1 rings (SSSR count). The lowest BCUT2D eigenvalue weighted by atomic mass is 10.1. The van der Waals surface area contributed by atoms with E-state index < -0.39 is 12.1 Å². The summed E-state index contributed by atoms with van der Waals surface area (Å²) >= 11 is 0. The summed E-state index contributed by atoms with van der Waals surface area (Å²) in [6.45, 7) is 0. The minimum absolute atomic E-state index is 0.174. The molecule has 0 saturated carbocycles. The molecular weight excluding hydrogens is 184 g/mol. The summed E-state index contributed by atoms with van der Waals surface area (Å²) in [5.41, 5.74) is 0.892. The number of carbonyl (C=O) groups is 1. The maximum atomic E-state index is 10.3. The number of carboxylic acid groups (broad SMARTS) is 1. The van der Waals surface area contributed by atoms with E-state index in [1.807, 2.05) is 0 Å². The van der Waals surface area contributed by atoms with E-state index in [9.17, 15) is 4.79 Å². The van der Waals surface area contributed by atoms with E-state index in [2.05, 4.69) is 0 Å². The van der Waals surface area contributed by atoms with Crippen LogP contribution in [0.5, 0.6) is 5.75 Å². The van der Waals surface area contributed by atoms with Crippen LogP contribution in [0.4, 0.5) is 0 Å². The molecule has 0 aliphatic rings. The molecule has 0 unspecified atom stereocenters. The Hall–Kier alpha value is -1.55. The fourth-order valence-electron chi connectivity index (χ4n) is 1.09. The van der Waals surface area contributed by atoms with Gasteiger partial charge in [0.05, 0.1) is 0 Å². The van der Waals surface area contributed by atoms with Gasteiger partial charge in [-0.1, -0.05) is 12.1 Å². The van der Waals surface area contributed by atoms with Crippen molar-refractivity contribution >= 4 is 5.97 Å². The Morgan fingerprint density at radius 2 is 1.86 bits per heavy atom. The molecule has 0 spiro atoms. The molecule has 0 radical (unpaired) electrons. The number of aliphatic hydroxyl groups excluding tert-OH is 1. The Kier molecular flexibility index (Phi) is 3.48. The largest absolute Gasteiger partial charge is 0.508 e. The van der Waals surface area contributed by atoms with Crippen molar-refractivity contribution in [1.29, 1.82) is 0 Å². The van der Waals surface area contributed by atoms with Crippen LogP contribution in [0.25, 0.3) is 0 Å². The number of aryl methyl sites for hydroxylation is 1. The third kappa shape index (κ3) is 3.06. The van der Waals surface area contributed by atoms with E-state index in [4.69, 9.17) is 15.3 Å². The van der Waals surface area contributed by atoms with Gasteiger partial charge in [0.2, 0.25) is 0 Å². The highest BCUT2D eigenvalue weighted by atomic mass is 16.4. The first-order valence-corrected chi connectivity index (χ1v) is 4.28. The van der Waals surface area contributed by atoms with Crippen molar-refractivity contribution in [2.45, 2.75) is 18.9 Å². The highest BCUT2D eigenvalue weighted by Gasteiger charge is 2.12. The molecular formula is C10H12O4. The highest BCUT2D eigenvalue weighted by Crippen LogP contribution is 2.11. The topological polar surface area (TPSA) is 77.8 Å². The van der Waals surface area contributed by atoms with Gasteiger partial charge in [0.15, 0.2) is 6.10 Å². The summed E-state index contributed by atoms with van der Waals surface area (Å²) < 4.78 is 0. The SMILES string of the molecule is O=C(O)[C@H](O)CCc1ccc(O)cc1. The molecule has 0 aliphatic carbocycles. The number of aromatic hydroxyl groups is 1. The molecule has 0 saturated heterocycles. The van der Waals surface area contributed by atoms with Crippen molar-refractivity contribution < 1.29 is 20.1 Å². The minimum atomic E-state index is -1.32. The Labute approximate surface area is 81.4 Å². The van der Waals surface area contributed by atoms with Crippen LogP contribution in [0.2, 0.25) is 0 Å². The second-order valence-electron chi connectivity index (χ2n) is 3.06. The molecule has 1 aromatic rings. The molecule has 0 fully saturated rings. The minimum Gasteiger partial charge on any atom is -0.508 e. The van der Waals surface area contributed by atoms with Gasteiger partial charge in [-0.25, -0.2) is 4.79 Å². The molecule has 0 bridgehead atoms. The summed E-state index contributed by atoms with van der Waals surface area (Å²) in [6, 6.07) is 6.46. The number of aliphatic hydroxyl groups is 1. The van der Waals surface area contributed by atoms with Gasteiger partial charge >= 0.3 is 5.97 Å². The first-order valence-electron chi connectivity index (χ1n) is 4.28. The lowest BCUT2D eigenvalue weighted by Crippen LogP contribution is -2.19. The first kappa shape index (κ1) is 10.5. The van der Waals surface area contributed by atoms with Gasteiger partial charge in [0.25, 0.3) is 0 Å². The maximum absolute atomic E-state index is 10.3. The fraction of sp³-hybridized carbons (Fsp3) is 0.300. The Balaban J connectivity index is 2.46. The first-order chi connectivity index (χ1) is 6.59. The predicted molar refractivity (Wildman–Crippen MR) is 50.1 cm³/mol. The van der Waals surface area contributed by atoms with E-state index in [1.165, 1.54) is 12.1 Å². The fourth-order valence-corrected chi connectivity index (χ4v) is 1.09. The summed E-state index contributed by atoms with van der Waals surface area (Å²) in [5.74, 6) is -1.03. The molecule has 0 aliphatic heterocycles. The van der Waals surface area contributed by atoms with Crippen molar-refractivity contribution in [3.63, 3.8) is 0 Å². The van der Waals surface area contributed by atoms with Crippen LogP contribution >= 0.6 is 0 Å². The van der Waals surface area contributed by atoms with E-state index >= 15 is 0 Å². The molecule has 76 valence electrons. The van der Waals surface area contributed by atoms with Crippen molar-refractivity contribution in [2.24, 2.45) is 0 Å². The maximum Gasteiger partial charge on any atom is 0.332 e. The molecule has 1 aromatic carbocycles. The number of phenolic OH excluding ortho intramolecular Hbond substituents is 1. The molecule has 14 heavy (non-hydrogen) atoms. The van der Waals surface area contributed by atoms with E-state index in [0.717, 1.165) is 5.56 Å². The van der Waals surface area contributed by atoms with Gasteiger partial charge in [-0.05, 0) is 30.5 Å². The zero-order chi connectivity index (χ0) is 10.6. The van der Waals surface area contributed by atoms with E-state index in [0.29, 0.717) is 6.42 Å². The Morgan fingerprint density at radius 1 is 1.29 bits per heavy atom. The summed E-state index contributed by atoms with van der Waals surface area (Å²) in [7, 11) is 0. The second kappa shape index (κ2) is 4.62. The quantitative estimate of drug-likeness (QED) is 0.664. The number of benzene rings is 1. The number of aliphatic carboxylic acids is 1. The molecule has 4 heteroatoms. The van der Waals surface area contributed by atoms with Crippen molar-refractivity contribution in [1.82, 2.24) is 0 Å². The zero-order valence-electron chi connectivity index (χ0n) is 7.55. The van der Waals surface area contributed by atoms with Gasteiger partial charge < -0.3 is 15.3 Å². The van der Waals surface area contributed by atoms with Crippen molar-refractivity contribution in [2.75, 3.05) is 0 Å².